The van der Waals surface area contributed by atoms with Crippen LogP contribution in [0.1, 0.15) is 51.8 Å². The molecule has 0 aromatic carbocycles. The standard InChI is InChI=1S/C16H28N2O2/c1-11(2)15-7-14(9-17-12(3)4)8-16(18-15)20-13(5)10-19-6/h7-8,11-13,17H,9-10H2,1-6H3. The minimum atomic E-state index is 0.000759. The van der Waals surface area contributed by atoms with Crippen molar-refractivity contribution in [2.45, 2.75) is 59.2 Å². The molecule has 0 radical (unpaired) electrons. The summed E-state index contributed by atoms with van der Waals surface area (Å²) in [7, 11) is 1.68. The van der Waals surface area contributed by atoms with Gasteiger partial charge in [-0.05, 0) is 24.5 Å². The van der Waals surface area contributed by atoms with Gasteiger partial charge in [0.1, 0.15) is 6.10 Å². The first-order valence-corrected chi connectivity index (χ1v) is 7.32. The van der Waals surface area contributed by atoms with Crippen molar-refractivity contribution in [3.05, 3.63) is 23.4 Å². The number of aromatic nitrogens is 1. The minimum absolute atomic E-state index is 0.000759. The molecule has 0 fully saturated rings. The molecular weight excluding hydrogens is 252 g/mol. The number of hydrogen-bond donors (Lipinski definition) is 1. The van der Waals surface area contributed by atoms with Crippen LogP contribution in [0.2, 0.25) is 0 Å². The molecule has 1 heterocycles. The van der Waals surface area contributed by atoms with Gasteiger partial charge in [-0.2, -0.15) is 0 Å². The van der Waals surface area contributed by atoms with Gasteiger partial charge in [0.2, 0.25) is 5.88 Å². The highest BCUT2D eigenvalue weighted by molar-refractivity contribution is 5.27. The van der Waals surface area contributed by atoms with Crippen molar-refractivity contribution < 1.29 is 9.47 Å². The van der Waals surface area contributed by atoms with Gasteiger partial charge in [0.05, 0.1) is 6.61 Å². The van der Waals surface area contributed by atoms with Gasteiger partial charge in [0.15, 0.2) is 0 Å². The van der Waals surface area contributed by atoms with Crippen LogP contribution in [-0.2, 0) is 11.3 Å². The smallest absolute Gasteiger partial charge is 0.214 e. The lowest BCUT2D eigenvalue weighted by Crippen LogP contribution is -2.22. The number of pyridine rings is 1. The average molecular weight is 280 g/mol. The maximum atomic E-state index is 5.83. The van der Waals surface area contributed by atoms with Gasteiger partial charge in [-0.1, -0.05) is 27.7 Å². The number of hydrogen-bond acceptors (Lipinski definition) is 4. The molecule has 0 saturated heterocycles. The molecule has 0 spiro atoms. The van der Waals surface area contributed by atoms with Gasteiger partial charge in [0, 0.05) is 31.5 Å². The van der Waals surface area contributed by atoms with Crippen LogP contribution in [-0.4, -0.2) is 30.8 Å². The number of nitrogens with one attached hydrogen (secondary N) is 1. The topological polar surface area (TPSA) is 43.4 Å². The molecule has 4 heteroatoms. The Hall–Kier alpha value is -1.13. The number of ether oxygens (including phenoxy) is 2. The third-order valence-electron chi connectivity index (χ3n) is 2.91. The zero-order valence-electron chi connectivity index (χ0n) is 13.6. The fraction of sp³-hybridized carbons (Fsp3) is 0.688. The fourth-order valence-corrected chi connectivity index (χ4v) is 1.84. The van der Waals surface area contributed by atoms with Gasteiger partial charge < -0.3 is 14.8 Å². The third-order valence-corrected chi connectivity index (χ3v) is 2.91. The van der Waals surface area contributed by atoms with Crippen LogP contribution >= 0.6 is 0 Å². The van der Waals surface area contributed by atoms with E-state index in [2.05, 4.69) is 44.1 Å². The summed E-state index contributed by atoms with van der Waals surface area (Å²) in [6.07, 6.45) is 0.000759. The lowest BCUT2D eigenvalue weighted by Gasteiger charge is -2.16. The van der Waals surface area contributed by atoms with E-state index < -0.39 is 0 Å². The van der Waals surface area contributed by atoms with Crippen LogP contribution in [0.4, 0.5) is 0 Å². The van der Waals surface area contributed by atoms with Crippen LogP contribution in [0.3, 0.4) is 0 Å². The Labute approximate surface area is 122 Å². The summed E-state index contributed by atoms with van der Waals surface area (Å²) in [5.74, 6) is 1.07. The Bertz CT molecular complexity index is 405. The van der Waals surface area contributed by atoms with E-state index in [1.165, 1.54) is 5.56 Å². The first-order valence-electron chi connectivity index (χ1n) is 7.32. The molecule has 0 saturated carbocycles. The van der Waals surface area contributed by atoms with E-state index in [0.717, 1.165) is 12.2 Å². The van der Waals surface area contributed by atoms with Gasteiger partial charge in [-0.15, -0.1) is 0 Å². The van der Waals surface area contributed by atoms with Crippen molar-refractivity contribution >= 4 is 0 Å². The van der Waals surface area contributed by atoms with Gasteiger partial charge in [0.25, 0.3) is 0 Å². The predicted molar refractivity (Wildman–Crippen MR) is 82.3 cm³/mol. The van der Waals surface area contributed by atoms with Gasteiger partial charge in [-0.3, -0.25) is 0 Å². The maximum Gasteiger partial charge on any atom is 0.214 e. The number of nitrogens with zero attached hydrogens (tertiary/aromatic N) is 1. The first-order chi connectivity index (χ1) is 9.42. The lowest BCUT2D eigenvalue weighted by atomic mass is 10.1. The summed E-state index contributed by atoms with van der Waals surface area (Å²) in [6.45, 7) is 11.9. The van der Waals surface area contributed by atoms with Gasteiger partial charge in [-0.25, -0.2) is 4.98 Å². The summed E-state index contributed by atoms with van der Waals surface area (Å²) in [5, 5.41) is 3.43. The van der Waals surface area contributed by atoms with Crippen molar-refractivity contribution in [1.29, 1.82) is 0 Å². The molecule has 0 bridgehead atoms. The first kappa shape index (κ1) is 16.9. The molecule has 114 valence electrons. The maximum absolute atomic E-state index is 5.83. The second-order valence-corrected chi connectivity index (χ2v) is 5.81. The van der Waals surface area contributed by atoms with Crippen molar-refractivity contribution in [3.63, 3.8) is 0 Å². The normalized spacial score (nSPS) is 13.0. The van der Waals surface area contributed by atoms with Crippen molar-refractivity contribution in [2.75, 3.05) is 13.7 Å². The summed E-state index contributed by atoms with van der Waals surface area (Å²) < 4.78 is 10.9. The second-order valence-electron chi connectivity index (χ2n) is 5.81. The number of methoxy groups -OCH3 is 1. The van der Waals surface area contributed by atoms with E-state index in [9.17, 15) is 0 Å². The Balaban J connectivity index is 2.86. The quantitative estimate of drug-likeness (QED) is 0.794. The molecule has 0 aliphatic heterocycles. The molecule has 1 aromatic heterocycles. The zero-order chi connectivity index (χ0) is 15.1. The molecule has 0 aliphatic carbocycles. The van der Waals surface area contributed by atoms with Crippen molar-refractivity contribution in [1.82, 2.24) is 10.3 Å². The molecule has 20 heavy (non-hydrogen) atoms. The van der Waals surface area contributed by atoms with E-state index in [1.54, 1.807) is 7.11 Å². The monoisotopic (exact) mass is 280 g/mol. The number of rotatable bonds is 8. The Morgan fingerprint density at radius 1 is 1.15 bits per heavy atom. The summed E-state index contributed by atoms with van der Waals surface area (Å²) in [5.41, 5.74) is 2.27. The Kier molecular flexibility index (Phi) is 6.96. The Morgan fingerprint density at radius 2 is 1.85 bits per heavy atom. The summed E-state index contributed by atoms with van der Waals surface area (Å²) >= 11 is 0. The highest BCUT2D eigenvalue weighted by atomic mass is 16.5. The average Bonchev–Trinajstić information content (AvgIpc) is 2.36. The van der Waals surface area contributed by atoms with Gasteiger partial charge >= 0.3 is 0 Å². The van der Waals surface area contributed by atoms with Crippen LogP contribution in [0.5, 0.6) is 5.88 Å². The summed E-state index contributed by atoms with van der Waals surface area (Å²) in [4.78, 5) is 4.58. The Morgan fingerprint density at radius 3 is 2.40 bits per heavy atom. The third kappa shape index (κ3) is 5.88. The van der Waals surface area contributed by atoms with E-state index in [1.807, 2.05) is 13.0 Å². The van der Waals surface area contributed by atoms with Crippen LogP contribution in [0.15, 0.2) is 12.1 Å². The van der Waals surface area contributed by atoms with E-state index in [4.69, 9.17) is 9.47 Å². The molecule has 1 aromatic rings. The van der Waals surface area contributed by atoms with Crippen LogP contribution < -0.4 is 10.1 Å². The molecule has 0 amide bonds. The molecule has 1 atom stereocenters. The largest absolute Gasteiger partial charge is 0.472 e. The molecule has 1 unspecified atom stereocenters. The van der Waals surface area contributed by atoms with Crippen LogP contribution in [0, 0.1) is 0 Å². The molecule has 0 aliphatic rings. The predicted octanol–water partition coefficient (Wildman–Crippen LogP) is 3.12. The molecule has 1 N–H and O–H groups in total. The van der Waals surface area contributed by atoms with E-state index in [0.29, 0.717) is 24.4 Å². The molecule has 4 nitrogen and oxygen atoms in total. The van der Waals surface area contributed by atoms with E-state index in [-0.39, 0.29) is 6.10 Å². The minimum Gasteiger partial charge on any atom is -0.472 e. The SMILES string of the molecule is COCC(C)Oc1cc(CNC(C)C)cc(C(C)C)n1. The second kappa shape index (κ2) is 8.22. The highest BCUT2D eigenvalue weighted by Gasteiger charge is 2.10. The fourth-order valence-electron chi connectivity index (χ4n) is 1.84. The zero-order valence-corrected chi connectivity index (χ0v) is 13.6. The molecule has 1 rings (SSSR count). The lowest BCUT2D eigenvalue weighted by molar-refractivity contribution is 0.0887. The van der Waals surface area contributed by atoms with Crippen molar-refractivity contribution in [2.24, 2.45) is 0 Å². The molecular formula is C16H28N2O2. The van der Waals surface area contributed by atoms with E-state index >= 15 is 0 Å². The van der Waals surface area contributed by atoms with Crippen molar-refractivity contribution in [3.8, 4) is 5.88 Å². The highest BCUT2D eigenvalue weighted by Crippen LogP contribution is 2.20. The van der Waals surface area contributed by atoms with Crippen LogP contribution in [0.25, 0.3) is 0 Å². The summed E-state index contributed by atoms with van der Waals surface area (Å²) in [6, 6.07) is 4.61.